The molecule has 0 fully saturated rings. The topological polar surface area (TPSA) is 99.4 Å². The molecule has 36 heavy (non-hydrogen) atoms. The zero-order valence-corrected chi connectivity index (χ0v) is 21.3. The van der Waals surface area contributed by atoms with Gasteiger partial charge in [0.1, 0.15) is 24.7 Å². The first-order valence-corrected chi connectivity index (χ1v) is 13.4. The van der Waals surface area contributed by atoms with Crippen molar-refractivity contribution in [1.29, 1.82) is 0 Å². The number of ether oxygens (including phenoxy) is 2. The number of benzene rings is 3. The lowest BCUT2D eigenvalue weighted by molar-refractivity contribution is 0.0977. The van der Waals surface area contributed by atoms with Gasteiger partial charge in [-0.2, -0.15) is 0 Å². The van der Waals surface area contributed by atoms with Crippen LogP contribution in [0.15, 0.2) is 48.5 Å². The number of fused-ring (bicyclic) bond motifs is 2. The highest BCUT2D eigenvalue weighted by atomic mass is 16.5. The molecular weight excluding hydrogens is 456 g/mol. The van der Waals surface area contributed by atoms with Gasteiger partial charge < -0.3 is 29.9 Å². The second-order valence-electron chi connectivity index (χ2n) is 9.53. The first-order chi connectivity index (χ1) is 17.7. The van der Waals surface area contributed by atoms with Gasteiger partial charge in [0.25, 0.3) is 0 Å². The van der Waals surface area contributed by atoms with Crippen molar-refractivity contribution in [2.24, 2.45) is 0 Å². The minimum absolute atomic E-state index is 0.211. The molecule has 0 amide bonds. The molecule has 3 aromatic rings. The Labute approximate surface area is 214 Å². The van der Waals surface area contributed by atoms with Crippen LogP contribution in [-0.2, 0) is 0 Å². The molecule has 0 bridgehead atoms. The van der Waals surface area contributed by atoms with E-state index < -0.39 is 12.2 Å². The quantitative estimate of drug-likeness (QED) is 0.139. The molecular formula is C30H42O6. The van der Waals surface area contributed by atoms with Gasteiger partial charge >= 0.3 is 0 Å². The maximum Gasteiger partial charge on any atom is 0.135 e. The highest BCUT2D eigenvalue weighted by Gasteiger charge is 2.18. The summed E-state index contributed by atoms with van der Waals surface area (Å²) in [7, 11) is 0. The van der Waals surface area contributed by atoms with Gasteiger partial charge in [-0.25, -0.2) is 0 Å². The molecule has 0 spiro atoms. The lowest BCUT2D eigenvalue weighted by Crippen LogP contribution is -2.18. The van der Waals surface area contributed by atoms with Gasteiger partial charge in [-0.05, 0) is 25.7 Å². The van der Waals surface area contributed by atoms with Crippen molar-refractivity contribution in [3.8, 4) is 11.5 Å². The number of aliphatic hydroxyl groups excluding tert-OH is 4. The Hall–Kier alpha value is -2.38. The SMILES string of the molecule is OCCCCCCC(O)COc1c2ccccc2c(OCC(O)CCCCCCO)c2ccccc12. The Morgan fingerprint density at radius 3 is 1.17 bits per heavy atom. The standard InChI is InChI=1S/C30H42O6/c31-19-11-3-1-5-13-23(33)21-35-29-25-15-7-9-17-27(25)30(28-18-10-8-16-26(28)29)36-22-24(34)14-6-2-4-12-20-32/h7-10,15-18,23-24,31-34H,1-6,11-14,19-22H2. The number of hydrogen-bond donors (Lipinski definition) is 4. The van der Waals surface area contributed by atoms with Gasteiger partial charge in [0.2, 0.25) is 0 Å². The van der Waals surface area contributed by atoms with Gasteiger partial charge in [-0.15, -0.1) is 0 Å². The van der Waals surface area contributed by atoms with Crippen LogP contribution < -0.4 is 9.47 Å². The normalized spacial score (nSPS) is 13.2. The summed E-state index contributed by atoms with van der Waals surface area (Å²) in [5, 5.41) is 42.4. The molecule has 2 atom stereocenters. The maximum atomic E-state index is 10.5. The van der Waals surface area contributed by atoms with Gasteiger partial charge in [0.05, 0.1) is 12.2 Å². The summed E-state index contributed by atoms with van der Waals surface area (Å²) in [6.45, 7) is 0.859. The summed E-state index contributed by atoms with van der Waals surface area (Å²) in [5.74, 6) is 1.47. The van der Waals surface area contributed by atoms with Gasteiger partial charge in [-0.1, -0.05) is 87.1 Å². The largest absolute Gasteiger partial charge is 0.490 e. The molecule has 0 saturated carbocycles. The fourth-order valence-electron chi connectivity index (χ4n) is 4.58. The molecule has 0 aliphatic carbocycles. The molecule has 3 aromatic carbocycles. The lowest BCUT2D eigenvalue weighted by Gasteiger charge is -2.20. The van der Waals surface area contributed by atoms with Crippen LogP contribution in [0.5, 0.6) is 11.5 Å². The third kappa shape index (κ3) is 8.34. The molecule has 0 aliphatic rings. The molecule has 0 heterocycles. The van der Waals surface area contributed by atoms with Crippen molar-refractivity contribution in [3.63, 3.8) is 0 Å². The molecule has 198 valence electrons. The fourth-order valence-corrected chi connectivity index (χ4v) is 4.58. The van der Waals surface area contributed by atoms with Crippen LogP contribution in [0.2, 0.25) is 0 Å². The number of rotatable bonds is 18. The Morgan fingerprint density at radius 1 is 0.500 bits per heavy atom. The van der Waals surface area contributed by atoms with E-state index in [1.54, 1.807) is 0 Å². The van der Waals surface area contributed by atoms with Crippen molar-refractivity contribution in [2.45, 2.75) is 76.4 Å². The van der Waals surface area contributed by atoms with Crippen LogP contribution in [-0.4, -0.2) is 59.1 Å². The van der Waals surface area contributed by atoms with E-state index in [4.69, 9.17) is 19.7 Å². The molecule has 0 radical (unpaired) electrons. The number of unbranched alkanes of at least 4 members (excludes halogenated alkanes) is 6. The van der Waals surface area contributed by atoms with E-state index in [1.807, 2.05) is 48.5 Å². The molecule has 3 rings (SSSR count). The summed E-state index contributed by atoms with van der Waals surface area (Å²) in [6.07, 6.45) is 7.57. The number of aliphatic hydroxyl groups is 4. The zero-order chi connectivity index (χ0) is 25.6. The summed E-state index contributed by atoms with van der Waals surface area (Å²) in [4.78, 5) is 0. The molecule has 6 heteroatoms. The van der Waals surface area contributed by atoms with Crippen LogP contribution in [0, 0.1) is 0 Å². The van der Waals surface area contributed by atoms with Crippen LogP contribution in [0.4, 0.5) is 0 Å². The second-order valence-corrected chi connectivity index (χ2v) is 9.53. The minimum atomic E-state index is -0.555. The summed E-state index contributed by atoms with van der Waals surface area (Å²) in [5.41, 5.74) is 0. The van der Waals surface area contributed by atoms with Crippen molar-refractivity contribution in [3.05, 3.63) is 48.5 Å². The highest BCUT2D eigenvalue weighted by Crippen LogP contribution is 2.42. The molecule has 6 nitrogen and oxygen atoms in total. The predicted octanol–water partition coefficient (Wildman–Crippen LogP) is 5.36. The third-order valence-corrected chi connectivity index (χ3v) is 6.56. The van der Waals surface area contributed by atoms with E-state index in [0.29, 0.717) is 12.8 Å². The smallest absolute Gasteiger partial charge is 0.135 e. The Morgan fingerprint density at radius 2 is 0.833 bits per heavy atom. The Balaban J connectivity index is 1.72. The Kier molecular flexibility index (Phi) is 12.3. The molecule has 2 unspecified atom stereocenters. The minimum Gasteiger partial charge on any atom is -0.490 e. The van der Waals surface area contributed by atoms with E-state index in [1.165, 1.54) is 0 Å². The summed E-state index contributed by atoms with van der Waals surface area (Å²) >= 11 is 0. The van der Waals surface area contributed by atoms with E-state index in [9.17, 15) is 10.2 Å². The second kappa shape index (κ2) is 15.7. The summed E-state index contributed by atoms with van der Waals surface area (Å²) < 4.78 is 12.5. The van der Waals surface area contributed by atoms with Crippen molar-refractivity contribution in [2.75, 3.05) is 26.4 Å². The van der Waals surface area contributed by atoms with E-state index >= 15 is 0 Å². The van der Waals surface area contributed by atoms with Crippen LogP contribution in [0.3, 0.4) is 0 Å². The third-order valence-electron chi connectivity index (χ3n) is 6.56. The van der Waals surface area contributed by atoms with E-state index in [0.717, 1.165) is 84.4 Å². The maximum absolute atomic E-state index is 10.5. The average Bonchev–Trinajstić information content (AvgIpc) is 2.90. The van der Waals surface area contributed by atoms with Gasteiger partial charge in [-0.3, -0.25) is 0 Å². The molecule has 0 aromatic heterocycles. The highest BCUT2D eigenvalue weighted by molar-refractivity contribution is 6.11. The van der Waals surface area contributed by atoms with Gasteiger partial charge in [0, 0.05) is 34.8 Å². The van der Waals surface area contributed by atoms with E-state index in [-0.39, 0.29) is 26.4 Å². The van der Waals surface area contributed by atoms with E-state index in [2.05, 4.69) is 0 Å². The molecule has 4 N–H and O–H groups in total. The average molecular weight is 499 g/mol. The first kappa shape index (κ1) is 28.2. The lowest BCUT2D eigenvalue weighted by atomic mass is 10.0. The van der Waals surface area contributed by atoms with Crippen LogP contribution in [0.1, 0.15) is 64.2 Å². The fraction of sp³-hybridized carbons (Fsp3) is 0.533. The predicted molar refractivity (Wildman–Crippen MR) is 145 cm³/mol. The van der Waals surface area contributed by atoms with Crippen molar-refractivity contribution in [1.82, 2.24) is 0 Å². The summed E-state index contributed by atoms with van der Waals surface area (Å²) in [6, 6.07) is 15.9. The van der Waals surface area contributed by atoms with Crippen LogP contribution in [0.25, 0.3) is 21.5 Å². The molecule has 0 saturated heterocycles. The number of hydrogen-bond acceptors (Lipinski definition) is 6. The zero-order valence-electron chi connectivity index (χ0n) is 21.3. The van der Waals surface area contributed by atoms with Gasteiger partial charge in [0.15, 0.2) is 0 Å². The molecule has 0 aliphatic heterocycles. The first-order valence-electron chi connectivity index (χ1n) is 13.4. The van der Waals surface area contributed by atoms with Crippen LogP contribution >= 0.6 is 0 Å². The monoisotopic (exact) mass is 498 g/mol. The Bertz CT molecular complexity index is 898. The van der Waals surface area contributed by atoms with Crippen molar-refractivity contribution < 1.29 is 29.9 Å². The van der Waals surface area contributed by atoms with Crippen molar-refractivity contribution >= 4 is 21.5 Å².